The van der Waals surface area contributed by atoms with Gasteiger partial charge in [0, 0.05) is 13.1 Å². The molecule has 74 valence electrons. The van der Waals surface area contributed by atoms with Crippen LogP contribution in [0.15, 0.2) is 0 Å². The second-order valence-electron chi connectivity index (χ2n) is 3.49. The summed E-state index contributed by atoms with van der Waals surface area (Å²) in [5.74, 6) is 0. The molecule has 1 atom stereocenters. The van der Waals surface area contributed by atoms with Gasteiger partial charge in [0.2, 0.25) is 0 Å². The lowest BCUT2D eigenvalue weighted by molar-refractivity contribution is -0.0769. The molecular weight excluding hydrogens is 172 g/mol. The molecule has 0 saturated carbocycles. The monoisotopic (exact) mass is 186 g/mol. The van der Waals surface area contributed by atoms with E-state index in [-0.39, 0.29) is 12.6 Å². The van der Waals surface area contributed by atoms with Crippen LogP contribution in [-0.2, 0) is 4.84 Å². The fourth-order valence-electron chi connectivity index (χ4n) is 1.67. The SMILES string of the molecule is O=C(N1CCCC1)N1CC(O)CO1. The summed E-state index contributed by atoms with van der Waals surface area (Å²) in [5, 5.41) is 10.4. The number of aliphatic hydroxyl groups excluding tert-OH is 1. The molecule has 2 aliphatic rings. The smallest absolute Gasteiger partial charge is 0.344 e. The van der Waals surface area contributed by atoms with Crippen molar-refractivity contribution in [2.75, 3.05) is 26.2 Å². The van der Waals surface area contributed by atoms with Crippen LogP contribution in [0.1, 0.15) is 12.8 Å². The molecule has 0 radical (unpaired) electrons. The average molecular weight is 186 g/mol. The zero-order valence-electron chi connectivity index (χ0n) is 7.48. The van der Waals surface area contributed by atoms with E-state index >= 15 is 0 Å². The number of aliphatic hydroxyl groups is 1. The fraction of sp³-hybridized carbons (Fsp3) is 0.875. The Bertz CT molecular complexity index is 204. The van der Waals surface area contributed by atoms with Gasteiger partial charge in [0.15, 0.2) is 0 Å². The van der Waals surface area contributed by atoms with Crippen LogP contribution >= 0.6 is 0 Å². The predicted octanol–water partition coefficient (Wildman–Crippen LogP) is -0.190. The summed E-state index contributed by atoms with van der Waals surface area (Å²) in [6.45, 7) is 2.17. The average Bonchev–Trinajstić information content (AvgIpc) is 2.72. The molecule has 1 N–H and O–H groups in total. The third kappa shape index (κ3) is 1.76. The third-order valence-corrected chi connectivity index (χ3v) is 2.39. The molecule has 2 amide bonds. The minimum atomic E-state index is -0.522. The maximum Gasteiger partial charge on any atom is 0.344 e. The predicted molar refractivity (Wildman–Crippen MR) is 44.9 cm³/mol. The summed E-state index contributed by atoms with van der Waals surface area (Å²) in [6, 6.07) is -0.103. The zero-order chi connectivity index (χ0) is 9.26. The largest absolute Gasteiger partial charge is 0.389 e. The highest BCUT2D eigenvalue weighted by Gasteiger charge is 2.30. The van der Waals surface area contributed by atoms with Crippen LogP contribution in [0.25, 0.3) is 0 Å². The topological polar surface area (TPSA) is 53.0 Å². The molecule has 0 aliphatic carbocycles. The quantitative estimate of drug-likeness (QED) is 0.570. The van der Waals surface area contributed by atoms with Crippen molar-refractivity contribution >= 4 is 6.03 Å². The fourth-order valence-corrected chi connectivity index (χ4v) is 1.67. The third-order valence-electron chi connectivity index (χ3n) is 2.39. The van der Waals surface area contributed by atoms with E-state index in [0.717, 1.165) is 25.9 Å². The highest BCUT2D eigenvalue weighted by Crippen LogP contribution is 2.14. The van der Waals surface area contributed by atoms with Gasteiger partial charge in [-0.3, -0.25) is 4.84 Å². The minimum absolute atomic E-state index is 0.103. The van der Waals surface area contributed by atoms with Crippen molar-refractivity contribution in [2.24, 2.45) is 0 Å². The minimum Gasteiger partial charge on any atom is -0.389 e. The van der Waals surface area contributed by atoms with E-state index in [0.29, 0.717) is 6.54 Å². The first kappa shape index (κ1) is 8.77. The number of carbonyl (C=O) groups is 1. The Labute approximate surface area is 76.8 Å². The van der Waals surface area contributed by atoms with Crippen LogP contribution < -0.4 is 0 Å². The van der Waals surface area contributed by atoms with Gasteiger partial charge in [-0.05, 0) is 12.8 Å². The van der Waals surface area contributed by atoms with Crippen molar-refractivity contribution in [1.82, 2.24) is 9.96 Å². The highest BCUT2D eigenvalue weighted by molar-refractivity contribution is 5.73. The van der Waals surface area contributed by atoms with Crippen molar-refractivity contribution < 1.29 is 14.7 Å². The van der Waals surface area contributed by atoms with Gasteiger partial charge in [-0.1, -0.05) is 0 Å². The summed E-state index contributed by atoms with van der Waals surface area (Å²) in [7, 11) is 0. The molecule has 2 rings (SSSR count). The van der Waals surface area contributed by atoms with E-state index in [4.69, 9.17) is 9.94 Å². The van der Waals surface area contributed by atoms with Crippen molar-refractivity contribution in [3.8, 4) is 0 Å². The lowest BCUT2D eigenvalue weighted by Gasteiger charge is -2.21. The molecule has 0 aromatic rings. The molecule has 0 spiro atoms. The van der Waals surface area contributed by atoms with Crippen LogP contribution in [0.3, 0.4) is 0 Å². The number of hydroxylamine groups is 2. The summed E-state index contributed by atoms with van der Waals surface area (Å²) < 4.78 is 0. The molecular formula is C8H14N2O3. The van der Waals surface area contributed by atoms with E-state index in [1.54, 1.807) is 4.90 Å². The molecule has 2 saturated heterocycles. The first-order valence-electron chi connectivity index (χ1n) is 4.65. The molecule has 2 heterocycles. The maximum absolute atomic E-state index is 11.6. The second kappa shape index (κ2) is 3.51. The Kier molecular flexibility index (Phi) is 2.37. The summed E-state index contributed by atoms with van der Waals surface area (Å²) in [6.07, 6.45) is 1.62. The summed E-state index contributed by atoms with van der Waals surface area (Å²) in [4.78, 5) is 18.4. The van der Waals surface area contributed by atoms with Crippen molar-refractivity contribution in [1.29, 1.82) is 0 Å². The Balaban J connectivity index is 1.89. The number of carbonyl (C=O) groups excluding carboxylic acids is 1. The molecule has 0 bridgehead atoms. The van der Waals surface area contributed by atoms with Gasteiger partial charge in [0.25, 0.3) is 0 Å². The lowest BCUT2D eigenvalue weighted by atomic mass is 10.4. The molecule has 1 unspecified atom stereocenters. The molecule has 0 aromatic carbocycles. The maximum atomic E-state index is 11.6. The van der Waals surface area contributed by atoms with Gasteiger partial charge >= 0.3 is 6.03 Å². The lowest BCUT2D eigenvalue weighted by Crippen LogP contribution is -2.40. The number of likely N-dealkylation sites (tertiary alicyclic amines) is 1. The van der Waals surface area contributed by atoms with Gasteiger partial charge in [-0.15, -0.1) is 0 Å². The van der Waals surface area contributed by atoms with Gasteiger partial charge in [-0.2, -0.15) is 0 Å². The van der Waals surface area contributed by atoms with Crippen LogP contribution in [0.2, 0.25) is 0 Å². The first-order chi connectivity index (χ1) is 6.27. The Morgan fingerprint density at radius 1 is 1.38 bits per heavy atom. The second-order valence-corrected chi connectivity index (χ2v) is 3.49. The zero-order valence-corrected chi connectivity index (χ0v) is 7.48. The van der Waals surface area contributed by atoms with Crippen molar-refractivity contribution in [3.05, 3.63) is 0 Å². The molecule has 0 aromatic heterocycles. The molecule has 5 heteroatoms. The van der Waals surface area contributed by atoms with E-state index in [1.807, 2.05) is 0 Å². The Morgan fingerprint density at radius 3 is 2.62 bits per heavy atom. The van der Waals surface area contributed by atoms with Crippen LogP contribution in [-0.4, -0.2) is 53.4 Å². The summed E-state index contributed by atoms with van der Waals surface area (Å²) >= 11 is 0. The Hall–Kier alpha value is -0.810. The normalized spacial score (nSPS) is 28.5. The highest BCUT2D eigenvalue weighted by atomic mass is 16.7. The van der Waals surface area contributed by atoms with E-state index in [1.165, 1.54) is 5.06 Å². The van der Waals surface area contributed by atoms with E-state index in [9.17, 15) is 4.79 Å². The molecule has 5 nitrogen and oxygen atoms in total. The number of hydrogen-bond acceptors (Lipinski definition) is 3. The van der Waals surface area contributed by atoms with Gasteiger partial charge in [-0.25, -0.2) is 9.86 Å². The number of β-amino-alcohol motifs (C(OH)–C–C–N with tert-alkyl or cyclic N) is 1. The van der Waals surface area contributed by atoms with Gasteiger partial charge in [0.05, 0.1) is 6.54 Å². The Morgan fingerprint density at radius 2 is 2.08 bits per heavy atom. The molecule has 2 fully saturated rings. The van der Waals surface area contributed by atoms with Gasteiger partial charge in [0.1, 0.15) is 12.7 Å². The number of hydrogen-bond donors (Lipinski definition) is 1. The van der Waals surface area contributed by atoms with Crippen molar-refractivity contribution in [3.63, 3.8) is 0 Å². The number of rotatable bonds is 0. The molecule has 13 heavy (non-hydrogen) atoms. The van der Waals surface area contributed by atoms with E-state index < -0.39 is 6.10 Å². The van der Waals surface area contributed by atoms with Crippen LogP contribution in [0.4, 0.5) is 4.79 Å². The number of urea groups is 1. The number of nitrogens with zero attached hydrogens (tertiary/aromatic N) is 2. The van der Waals surface area contributed by atoms with Crippen molar-refractivity contribution in [2.45, 2.75) is 18.9 Å². The standard InChI is InChI=1S/C8H14N2O3/c11-7-5-10(13-6-7)8(12)9-3-1-2-4-9/h7,11H,1-6H2. The summed E-state index contributed by atoms with van der Waals surface area (Å²) in [5.41, 5.74) is 0. The van der Waals surface area contributed by atoms with E-state index in [2.05, 4.69) is 0 Å². The molecule has 2 aliphatic heterocycles. The van der Waals surface area contributed by atoms with Gasteiger partial charge < -0.3 is 10.0 Å². The van der Waals surface area contributed by atoms with Crippen LogP contribution in [0.5, 0.6) is 0 Å². The van der Waals surface area contributed by atoms with Crippen LogP contribution in [0, 0.1) is 0 Å². The number of amides is 2. The first-order valence-corrected chi connectivity index (χ1v) is 4.65.